The van der Waals surface area contributed by atoms with E-state index in [1.165, 1.54) is 5.56 Å². The van der Waals surface area contributed by atoms with Gasteiger partial charge in [-0.1, -0.05) is 36.4 Å². The maximum Gasteiger partial charge on any atom is 0.197 e. The first-order valence-electron chi connectivity index (χ1n) is 6.39. The summed E-state index contributed by atoms with van der Waals surface area (Å²) in [5.74, 6) is 0.692. The Morgan fingerprint density at radius 1 is 1.16 bits per heavy atom. The lowest BCUT2D eigenvalue weighted by Gasteiger charge is -2.08. The Labute approximate surface area is 112 Å². The number of aryl methyl sites for hydroxylation is 1. The van der Waals surface area contributed by atoms with Crippen LogP contribution in [0.3, 0.4) is 0 Å². The van der Waals surface area contributed by atoms with E-state index in [0.29, 0.717) is 12.3 Å². The first-order valence-corrected chi connectivity index (χ1v) is 6.39. The van der Waals surface area contributed by atoms with Gasteiger partial charge in [-0.15, -0.1) is 0 Å². The molecule has 1 aromatic heterocycles. The van der Waals surface area contributed by atoms with Crippen LogP contribution in [0.2, 0.25) is 0 Å². The summed E-state index contributed by atoms with van der Waals surface area (Å²) in [5.41, 5.74) is 10.2. The number of nitrogens with two attached hydrogens (primary N) is 1. The Morgan fingerprint density at radius 3 is 2.74 bits per heavy atom. The standard InChI is InChI=1S/C16H16N2O/c1-11-7-8-15-14(9-11)18-16(19-15)10-13(17)12-5-3-2-4-6-12/h2-9,13H,10,17H2,1H3. The molecule has 96 valence electrons. The fraction of sp³-hybridized carbons (Fsp3) is 0.188. The predicted molar refractivity (Wildman–Crippen MR) is 75.8 cm³/mol. The lowest BCUT2D eigenvalue weighted by atomic mass is 10.1. The fourth-order valence-electron chi connectivity index (χ4n) is 2.18. The van der Waals surface area contributed by atoms with Crippen molar-refractivity contribution in [2.45, 2.75) is 19.4 Å². The van der Waals surface area contributed by atoms with Crippen LogP contribution in [0.5, 0.6) is 0 Å². The number of benzene rings is 2. The molecule has 0 fully saturated rings. The minimum Gasteiger partial charge on any atom is -0.441 e. The molecule has 0 bridgehead atoms. The van der Waals surface area contributed by atoms with Gasteiger partial charge in [0.05, 0.1) is 0 Å². The monoisotopic (exact) mass is 252 g/mol. The van der Waals surface area contributed by atoms with Crippen LogP contribution < -0.4 is 5.73 Å². The zero-order chi connectivity index (χ0) is 13.2. The summed E-state index contributed by atoms with van der Waals surface area (Å²) in [5, 5.41) is 0. The molecule has 1 heterocycles. The summed E-state index contributed by atoms with van der Waals surface area (Å²) in [7, 11) is 0. The summed E-state index contributed by atoms with van der Waals surface area (Å²) < 4.78 is 5.72. The van der Waals surface area contributed by atoms with E-state index in [1.807, 2.05) is 55.5 Å². The van der Waals surface area contributed by atoms with Crippen LogP contribution >= 0.6 is 0 Å². The van der Waals surface area contributed by atoms with E-state index in [9.17, 15) is 0 Å². The van der Waals surface area contributed by atoms with Crippen LogP contribution in [0.1, 0.15) is 23.1 Å². The molecular formula is C16H16N2O. The topological polar surface area (TPSA) is 52.0 Å². The SMILES string of the molecule is Cc1ccc2oc(CC(N)c3ccccc3)nc2c1. The van der Waals surface area contributed by atoms with Crippen molar-refractivity contribution in [2.24, 2.45) is 5.73 Å². The van der Waals surface area contributed by atoms with E-state index in [-0.39, 0.29) is 6.04 Å². The lowest BCUT2D eigenvalue weighted by Crippen LogP contribution is -2.13. The quantitative estimate of drug-likeness (QED) is 0.777. The molecule has 3 nitrogen and oxygen atoms in total. The molecule has 0 spiro atoms. The molecule has 1 unspecified atom stereocenters. The fourth-order valence-corrected chi connectivity index (χ4v) is 2.18. The zero-order valence-electron chi connectivity index (χ0n) is 10.8. The molecule has 0 aliphatic rings. The van der Waals surface area contributed by atoms with Gasteiger partial charge in [-0.2, -0.15) is 0 Å². The van der Waals surface area contributed by atoms with Crippen LogP contribution in [0.4, 0.5) is 0 Å². The van der Waals surface area contributed by atoms with E-state index < -0.39 is 0 Å². The maximum absolute atomic E-state index is 6.18. The highest BCUT2D eigenvalue weighted by Gasteiger charge is 2.12. The van der Waals surface area contributed by atoms with E-state index in [0.717, 1.165) is 16.7 Å². The highest BCUT2D eigenvalue weighted by Crippen LogP contribution is 2.21. The van der Waals surface area contributed by atoms with Crippen LogP contribution in [-0.2, 0) is 6.42 Å². The molecule has 0 radical (unpaired) electrons. The molecular weight excluding hydrogens is 236 g/mol. The van der Waals surface area contributed by atoms with Crippen LogP contribution in [0.25, 0.3) is 11.1 Å². The third-order valence-electron chi connectivity index (χ3n) is 3.21. The van der Waals surface area contributed by atoms with Gasteiger partial charge in [0, 0.05) is 12.5 Å². The van der Waals surface area contributed by atoms with Crippen molar-refractivity contribution in [1.29, 1.82) is 0 Å². The van der Waals surface area contributed by atoms with Crippen LogP contribution in [-0.4, -0.2) is 4.98 Å². The maximum atomic E-state index is 6.18. The Morgan fingerprint density at radius 2 is 1.95 bits per heavy atom. The molecule has 0 amide bonds. The molecule has 0 aliphatic carbocycles. The molecule has 2 aromatic carbocycles. The lowest BCUT2D eigenvalue weighted by molar-refractivity contribution is 0.502. The molecule has 3 heteroatoms. The largest absolute Gasteiger partial charge is 0.441 e. The Kier molecular flexibility index (Phi) is 3.05. The number of fused-ring (bicyclic) bond motifs is 1. The summed E-state index contributed by atoms with van der Waals surface area (Å²) in [6.07, 6.45) is 0.609. The minimum atomic E-state index is -0.0876. The second kappa shape index (κ2) is 4.86. The number of hydrogen-bond donors (Lipinski definition) is 1. The second-order valence-electron chi connectivity index (χ2n) is 4.80. The number of aromatic nitrogens is 1. The minimum absolute atomic E-state index is 0.0876. The van der Waals surface area contributed by atoms with Crippen LogP contribution in [0, 0.1) is 6.92 Å². The van der Waals surface area contributed by atoms with Crippen molar-refractivity contribution in [1.82, 2.24) is 4.98 Å². The second-order valence-corrected chi connectivity index (χ2v) is 4.80. The van der Waals surface area contributed by atoms with Gasteiger partial charge in [0.25, 0.3) is 0 Å². The smallest absolute Gasteiger partial charge is 0.197 e. The van der Waals surface area contributed by atoms with Gasteiger partial charge in [-0.3, -0.25) is 0 Å². The molecule has 2 N–H and O–H groups in total. The molecule has 0 saturated heterocycles. The average molecular weight is 252 g/mol. The van der Waals surface area contributed by atoms with Gasteiger partial charge < -0.3 is 10.2 Å². The molecule has 0 aliphatic heterocycles. The summed E-state index contributed by atoms with van der Waals surface area (Å²) in [4.78, 5) is 4.49. The normalized spacial score (nSPS) is 12.7. The molecule has 3 aromatic rings. The van der Waals surface area contributed by atoms with E-state index in [2.05, 4.69) is 4.98 Å². The predicted octanol–water partition coefficient (Wildman–Crippen LogP) is 3.38. The highest BCUT2D eigenvalue weighted by molar-refractivity contribution is 5.73. The molecule has 1 atom stereocenters. The van der Waals surface area contributed by atoms with Gasteiger partial charge in [-0.05, 0) is 30.2 Å². The third-order valence-corrected chi connectivity index (χ3v) is 3.21. The highest BCUT2D eigenvalue weighted by atomic mass is 16.3. The van der Waals surface area contributed by atoms with Gasteiger partial charge in [0.1, 0.15) is 5.52 Å². The van der Waals surface area contributed by atoms with Crippen molar-refractivity contribution in [3.8, 4) is 0 Å². The summed E-state index contributed by atoms with van der Waals surface area (Å²) >= 11 is 0. The van der Waals surface area contributed by atoms with Crippen molar-refractivity contribution < 1.29 is 4.42 Å². The van der Waals surface area contributed by atoms with Gasteiger partial charge >= 0.3 is 0 Å². The summed E-state index contributed by atoms with van der Waals surface area (Å²) in [6, 6.07) is 15.9. The number of rotatable bonds is 3. The van der Waals surface area contributed by atoms with Crippen molar-refractivity contribution in [3.05, 3.63) is 65.5 Å². The molecule has 19 heavy (non-hydrogen) atoms. The van der Waals surface area contributed by atoms with Crippen LogP contribution in [0.15, 0.2) is 52.9 Å². The van der Waals surface area contributed by atoms with Crippen molar-refractivity contribution >= 4 is 11.1 Å². The van der Waals surface area contributed by atoms with E-state index in [1.54, 1.807) is 0 Å². The van der Waals surface area contributed by atoms with E-state index >= 15 is 0 Å². The Hall–Kier alpha value is -2.13. The van der Waals surface area contributed by atoms with E-state index in [4.69, 9.17) is 10.2 Å². The van der Waals surface area contributed by atoms with Gasteiger partial charge in [-0.25, -0.2) is 4.98 Å². The first kappa shape index (κ1) is 11.9. The Balaban J connectivity index is 1.85. The number of nitrogens with zero attached hydrogens (tertiary/aromatic N) is 1. The van der Waals surface area contributed by atoms with Crippen molar-refractivity contribution in [2.75, 3.05) is 0 Å². The third kappa shape index (κ3) is 2.51. The molecule has 3 rings (SSSR count). The zero-order valence-corrected chi connectivity index (χ0v) is 10.8. The average Bonchev–Trinajstić information content (AvgIpc) is 2.81. The first-order chi connectivity index (χ1) is 9.22. The number of oxazole rings is 1. The van der Waals surface area contributed by atoms with Crippen molar-refractivity contribution in [3.63, 3.8) is 0 Å². The summed E-state index contributed by atoms with van der Waals surface area (Å²) in [6.45, 7) is 2.05. The number of hydrogen-bond acceptors (Lipinski definition) is 3. The molecule has 0 saturated carbocycles. The van der Waals surface area contributed by atoms with Gasteiger partial charge in [0.15, 0.2) is 11.5 Å². The Bertz CT molecular complexity index is 688. The van der Waals surface area contributed by atoms with Gasteiger partial charge in [0.2, 0.25) is 0 Å².